The van der Waals surface area contributed by atoms with Gasteiger partial charge in [0.15, 0.2) is 4.90 Å². The lowest BCUT2D eigenvalue weighted by molar-refractivity contribution is -0.386. The molecule has 0 saturated heterocycles. The highest BCUT2D eigenvalue weighted by Gasteiger charge is 2.30. The van der Waals surface area contributed by atoms with Crippen molar-refractivity contribution in [3.8, 4) is 0 Å². The summed E-state index contributed by atoms with van der Waals surface area (Å²) in [4.78, 5) is 9.95. The van der Waals surface area contributed by atoms with E-state index in [0.717, 1.165) is 38.5 Å². The van der Waals surface area contributed by atoms with Gasteiger partial charge < -0.3 is 5.73 Å². The van der Waals surface area contributed by atoms with Crippen molar-refractivity contribution in [2.75, 3.05) is 5.73 Å². The zero-order valence-electron chi connectivity index (χ0n) is 11.6. The first-order valence-corrected chi connectivity index (χ1v) is 8.45. The van der Waals surface area contributed by atoms with Crippen LogP contribution in [0.15, 0.2) is 23.1 Å². The lowest BCUT2D eigenvalue weighted by Crippen LogP contribution is -2.34. The predicted octanol–water partition coefficient (Wildman–Crippen LogP) is 2.18. The standard InChI is InChI=1S/C13H19N3O4S/c14-11-8-5-9-12(13(11)16(17)18)21(19,20)15-10-6-3-1-2-4-7-10/h5,8-10,15H,1-4,6-7,14H2. The van der Waals surface area contributed by atoms with Crippen molar-refractivity contribution in [1.82, 2.24) is 4.72 Å². The minimum Gasteiger partial charge on any atom is -0.393 e. The van der Waals surface area contributed by atoms with Crippen molar-refractivity contribution in [3.63, 3.8) is 0 Å². The Morgan fingerprint density at radius 2 is 1.81 bits per heavy atom. The van der Waals surface area contributed by atoms with Crippen LogP contribution in [-0.2, 0) is 10.0 Å². The molecule has 1 aromatic carbocycles. The third-order valence-electron chi connectivity index (χ3n) is 3.68. The monoisotopic (exact) mass is 313 g/mol. The number of nitrogens with one attached hydrogen (secondary N) is 1. The smallest absolute Gasteiger partial charge is 0.312 e. The quantitative estimate of drug-likeness (QED) is 0.382. The van der Waals surface area contributed by atoms with Crippen LogP contribution in [0.1, 0.15) is 38.5 Å². The molecule has 2 rings (SSSR count). The van der Waals surface area contributed by atoms with Gasteiger partial charge in [0.25, 0.3) is 0 Å². The second-order valence-corrected chi connectivity index (χ2v) is 6.94. The second kappa shape index (κ2) is 6.40. The number of para-hydroxylation sites is 1. The second-order valence-electron chi connectivity index (χ2n) is 5.26. The van der Waals surface area contributed by atoms with E-state index in [0.29, 0.717) is 0 Å². The van der Waals surface area contributed by atoms with Crippen LogP contribution in [0, 0.1) is 10.1 Å². The van der Waals surface area contributed by atoms with Crippen LogP contribution in [0.5, 0.6) is 0 Å². The summed E-state index contributed by atoms with van der Waals surface area (Å²) in [7, 11) is -3.95. The van der Waals surface area contributed by atoms with E-state index < -0.39 is 20.6 Å². The van der Waals surface area contributed by atoms with Crippen molar-refractivity contribution in [3.05, 3.63) is 28.3 Å². The number of nitrogens with zero attached hydrogens (tertiary/aromatic N) is 1. The Bertz CT molecular complexity index is 622. The number of hydrogen-bond donors (Lipinski definition) is 2. The van der Waals surface area contributed by atoms with Crippen molar-refractivity contribution in [2.45, 2.75) is 49.5 Å². The van der Waals surface area contributed by atoms with E-state index >= 15 is 0 Å². The molecule has 1 saturated carbocycles. The molecule has 1 aliphatic carbocycles. The Balaban J connectivity index is 2.31. The number of rotatable bonds is 4. The normalized spacial score (nSPS) is 17.3. The maximum atomic E-state index is 12.4. The summed E-state index contributed by atoms with van der Waals surface area (Å²) in [6, 6.07) is 3.78. The van der Waals surface area contributed by atoms with E-state index in [1.54, 1.807) is 0 Å². The lowest BCUT2D eigenvalue weighted by Gasteiger charge is -2.16. The lowest BCUT2D eigenvalue weighted by atomic mass is 10.1. The number of nitro benzene ring substituents is 1. The highest BCUT2D eigenvalue weighted by molar-refractivity contribution is 7.89. The van der Waals surface area contributed by atoms with Gasteiger partial charge in [0, 0.05) is 6.04 Å². The first-order valence-electron chi connectivity index (χ1n) is 6.97. The van der Waals surface area contributed by atoms with Crippen LogP contribution in [0.2, 0.25) is 0 Å². The van der Waals surface area contributed by atoms with Gasteiger partial charge in [0.1, 0.15) is 5.69 Å². The van der Waals surface area contributed by atoms with Crippen LogP contribution in [0.3, 0.4) is 0 Å². The van der Waals surface area contributed by atoms with Crippen LogP contribution < -0.4 is 10.5 Å². The molecule has 0 atom stereocenters. The van der Waals surface area contributed by atoms with Gasteiger partial charge in [-0.05, 0) is 25.0 Å². The summed E-state index contributed by atoms with van der Waals surface area (Å²) in [6.45, 7) is 0. The van der Waals surface area contributed by atoms with Gasteiger partial charge in [-0.25, -0.2) is 13.1 Å². The zero-order valence-corrected chi connectivity index (χ0v) is 12.4. The minimum absolute atomic E-state index is 0.149. The van der Waals surface area contributed by atoms with E-state index in [1.165, 1.54) is 18.2 Å². The number of nitrogen functional groups attached to an aromatic ring is 1. The van der Waals surface area contributed by atoms with E-state index in [2.05, 4.69) is 4.72 Å². The van der Waals surface area contributed by atoms with Crippen LogP contribution in [0.25, 0.3) is 0 Å². The van der Waals surface area contributed by atoms with E-state index in [1.807, 2.05) is 0 Å². The van der Waals surface area contributed by atoms with Crippen LogP contribution in [-0.4, -0.2) is 19.4 Å². The van der Waals surface area contributed by atoms with E-state index in [9.17, 15) is 18.5 Å². The number of nitro groups is 1. The summed E-state index contributed by atoms with van der Waals surface area (Å²) in [5.74, 6) is 0. The predicted molar refractivity (Wildman–Crippen MR) is 79.3 cm³/mol. The molecule has 0 radical (unpaired) electrons. The molecule has 1 aliphatic rings. The molecule has 0 heterocycles. The average Bonchev–Trinajstić information content (AvgIpc) is 2.66. The summed E-state index contributed by atoms with van der Waals surface area (Å²) in [5, 5.41) is 11.1. The van der Waals surface area contributed by atoms with E-state index in [-0.39, 0.29) is 16.6 Å². The highest BCUT2D eigenvalue weighted by atomic mass is 32.2. The van der Waals surface area contributed by atoms with E-state index in [4.69, 9.17) is 5.73 Å². The number of hydrogen-bond acceptors (Lipinski definition) is 5. The number of nitrogens with two attached hydrogens (primary N) is 1. The highest BCUT2D eigenvalue weighted by Crippen LogP contribution is 2.30. The Labute approximate surface area is 123 Å². The van der Waals surface area contributed by atoms with Gasteiger partial charge in [-0.1, -0.05) is 31.7 Å². The molecule has 0 amide bonds. The maximum absolute atomic E-state index is 12.4. The molecule has 0 unspecified atom stereocenters. The molecule has 21 heavy (non-hydrogen) atoms. The largest absolute Gasteiger partial charge is 0.393 e. The topological polar surface area (TPSA) is 115 Å². The number of sulfonamides is 1. The summed E-state index contributed by atoms with van der Waals surface area (Å²) in [5.41, 5.74) is 4.84. The maximum Gasteiger partial charge on any atom is 0.312 e. The van der Waals surface area contributed by atoms with Gasteiger partial charge in [0.05, 0.1) is 4.92 Å². The molecule has 3 N–H and O–H groups in total. The summed E-state index contributed by atoms with van der Waals surface area (Å²) >= 11 is 0. The van der Waals surface area contributed by atoms with Gasteiger partial charge in [-0.3, -0.25) is 10.1 Å². The summed E-state index contributed by atoms with van der Waals surface area (Å²) < 4.78 is 27.4. The molecule has 0 bridgehead atoms. The van der Waals surface area contributed by atoms with Gasteiger partial charge in [-0.2, -0.15) is 0 Å². The van der Waals surface area contributed by atoms with Crippen LogP contribution in [0.4, 0.5) is 11.4 Å². The minimum atomic E-state index is -3.95. The fourth-order valence-electron chi connectivity index (χ4n) is 2.63. The van der Waals surface area contributed by atoms with Gasteiger partial charge in [-0.15, -0.1) is 0 Å². The van der Waals surface area contributed by atoms with Crippen molar-refractivity contribution < 1.29 is 13.3 Å². The molecule has 1 aromatic rings. The molecule has 7 nitrogen and oxygen atoms in total. The molecule has 0 aliphatic heterocycles. The molecule has 0 aromatic heterocycles. The SMILES string of the molecule is Nc1cccc(S(=O)(=O)NC2CCCCCC2)c1[N+](=O)[O-]. The van der Waals surface area contributed by atoms with Crippen molar-refractivity contribution in [1.29, 1.82) is 0 Å². The van der Waals surface area contributed by atoms with Crippen LogP contribution >= 0.6 is 0 Å². The molecule has 8 heteroatoms. The molecule has 116 valence electrons. The fourth-order valence-corrected chi connectivity index (χ4v) is 4.14. The fraction of sp³-hybridized carbons (Fsp3) is 0.538. The molecule has 0 spiro atoms. The first kappa shape index (κ1) is 15.7. The Hall–Kier alpha value is -1.67. The Morgan fingerprint density at radius 3 is 2.38 bits per heavy atom. The number of anilines is 1. The summed E-state index contributed by atoms with van der Waals surface area (Å²) in [6.07, 6.45) is 5.64. The van der Waals surface area contributed by atoms with Gasteiger partial charge in [0.2, 0.25) is 10.0 Å². The average molecular weight is 313 g/mol. The van der Waals surface area contributed by atoms with Crippen molar-refractivity contribution in [2.24, 2.45) is 0 Å². The van der Waals surface area contributed by atoms with Gasteiger partial charge >= 0.3 is 5.69 Å². The Morgan fingerprint density at radius 1 is 1.19 bits per heavy atom. The third-order valence-corrected chi connectivity index (χ3v) is 5.23. The molecular weight excluding hydrogens is 294 g/mol. The Kier molecular flexibility index (Phi) is 4.79. The first-order chi connectivity index (χ1) is 9.92. The van der Waals surface area contributed by atoms with Crippen molar-refractivity contribution >= 4 is 21.4 Å². The zero-order chi connectivity index (χ0) is 15.5. The molecular formula is C13H19N3O4S. The third kappa shape index (κ3) is 3.70. The molecule has 1 fully saturated rings. The number of benzene rings is 1.